The fourth-order valence-corrected chi connectivity index (χ4v) is 0.964. The molecular weight excluding hydrogens is 188 g/mol. The standard InChI is InChI=1S/C8H16N2O4/c11-7-14-10-6-4-2-1-3-5-9-8(12)13/h7,9-10H,1-6H2,(H,12,13). The summed E-state index contributed by atoms with van der Waals surface area (Å²) < 4.78 is 0. The van der Waals surface area contributed by atoms with E-state index in [1.54, 1.807) is 0 Å². The van der Waals surface area contributed by atoms with Gasteiger partial charge in [-0.15, -0.1) is 0 Å². The fraction of sp³-hybridized carbons (Fsp3) is 0.750. The van der Waals surface area contributed by atoms with E-state index in [2.05, 4.69) is 15.6 Å². The maximum Gasteiger partial charge on any atom is 0.404 e. The number of hydroxylamine groups is 1. The van der Waals surface area contributed by atoms with Gasteiger partial charge in [0, 0.05) is 13.1 Å². The van der Waals surface area contributed by atoms with Gasteiger partial charge in [-0.05, 0) is 12.8 Å². The third-order valence-corrected chi connectivity index (χ3v) is 1.61. The van der Waals surface area contributed by atoms with E-state index in [9.17, 15) is 9.59 Å². The average molecular weight is 204 g/mol. The highest BCUT2D eigenvalue weighted by molar-refractivity contribution is 5.64. The number of carboxylic acid groups (broad SMARTS) is 1. The van der Waals surface area contributed by atoms with Gasteiger partial charge >= 0.3 is 12.6 Å². The first kappa shape index (κ1) is 12.7. The highest BCUT2D eigenvalue weighted by atomic mass is 16.7. The lowest BCUT2D eigenvalue weighted by atomic mass is 10.2. The molecule has 1 amide bonds. The van der Waals surface area contributed by atoms with Crippen LogP contribution in [0.3, 0.4) is 0 Å². The molecule has 0 aliphatic rings. The summed E-state index contributed by atoms with van der Waals surface area (Å²) in [6.45, 7) is 1.47. The maximum atomic E-state index is 10.0. The van der Waals surface area contributed by atoms with Gasteiger partial charge in [-0.2, -0.15) is 5.48 Å². The zero-order valence-electron chi connectivity index (χ0n) is 7.99. The number of nitrogens with one attached hydrogen (secondary N) is 2. The molecule has 6 heteroatoms. The number of carbonyl (C=O) groups is 2. The molecule has 14 heavy (non-hydrogen) atoms. The molecule has 0 saturated carbocycles. The van der Waals surface area contributed by atoms with Crippen LogP contribution in [0, 0.1) is 0 Å². The van der Waals surface area contributed by atoms with Crippen LogP contribution in [0.4, 0.5) is 4.79 Å². The summed E-state index contributed by atoms with van der Waals surface area (Å²) in [4.78, 5) is 24.0. The van der Waals surface area contributed by atoms with Crippen LogP contribution in [-0.2, 0) is 9.63 Å². The minimum absolute atomic E-state index is 0.344. The Kier molecular flexibility index (Phi) is 8.88. The Morgan fingerprint density at radius 2 is 1.86 bits per heavy atom. The van der Waals surface area contributed by atoms with Gasteiger partial charge in [-0.3, -0.25) is 4.79 Å². The molecule has 0 atom stereocenters. The van der Waals surface area contributed by atoms with E-state index in [1.807, 2.05) is 0 Å². The zero-order valence-corrected chi connectivity index (χ0v) is 7.99. The Hall–Kier alpha value is -1.30. The molecule has 0 bridgehead atoms. The Morgan fingerprint density at radius 1 is 1.21 bits per heavy atom. The van der Waals surface area contributed by atoms with Crippen molar-refractivity contribution in [1.29, 1.82) is 0 Å². The Balaban J connectivity index is 2.92. The van der Waals surface area contributed by atoms with Gasteiger partial charge < -0.3 is 15.3 Å². The summed E-state index contributed by atoms with van der Waals surface area (Å²) >= 11 is 0. The molecule has 0 rings (SSSR count). The SMILES string of the molecule is O=CONCCCCCCNC(=O)O. The van der Waals surface area contributed by atoms with Crippen molar-refractivity contribution in [2.75, 3.05) is 13.1 Å². The lowest BCUT2D eigenvalue weighted by molar-refractivity contribution is -0.135. The molecule has 0 fully saturated rings. The first-order valence-corrected chi connectivity index (χ1v) is 4.56. The van der Waals surface area contributed by atoms with Crippen LogP contribution in [0.25, 0.3) is 0 Å². The largest absolute Gasteiger partial charge is 0.465 e. The highest BCUT2D eigenvalue weighted by Gasteiger charge is 1.93. The van der Waals surface area contributed by atoms with Crippen molar-refractivity contribution in [3.05, 3.63) is 0 Å². The van der Waals surface area contributed by atoms with Gasteiger partial charge in [0.25, 0.3) is 0 Å². The molecule has 0 heterocycles. The summed E-state index contributed by atoms with van der Waals surface area (Å²) in [5, 5.41) is 10.5. The number of hydrogen-bond donors (Lipinski definition) is 3. The van der Waals surface area contributed by atoms with E-state index < -0.39 is 6.09 Å². The van der Waals surface area contributed by atoms with Crippen LogP contribution < -0.4 is 10.8 Å². The van der Waals surface area contributed by atoms with Gasteiger partial charge in [-0.25, -0.2) is 4.79 Å². The van der Waals surface area contributed by atoms with Crippen LogP contribution in [0.2, 0.25) is 0 Å². The van der Waals surface area contributed by atoms with Crippen molar-refractivity contribution in [3.63, 3.8) is 0 Å². The molecule has 82 valence electrons. The quantitative estimate of drug-likeness (QED) is 0.289. The Labute approximate surface area is 82.6 Å². The van der Waals surface area contributed by atoms with Crippen molar-refractivity contribution in [3.8, 4) is 0 Å². The molecule has 0 radical (unpaired) electrons. The van der Waals surface area contributed by atoms with Crippen molar-refractivity contribution in [1.82, 2.24) is 10.8 Å². The van der Waals surface area contributed by atoms with Crippen LogP contribution in [0.5, 0.6) is 0 Å². The van der Waals surface area contributed by atoms with Gasteiger partial charge in [0.1, 0.15) is 0 Å². The molecule has 0 aromatic rings. The number of unbranched alkanes of at least 4 members (excludes halogenated alkanes) is 3. The van der Waals surface area contributed by atoms with Crippen LogP contribution >= 0.6 is 0 Å². The normalized spacial score (nSPS) is 9.43. The maximum absolute atomic E-state index is 10.0. The molecule has 0 spiro atoms. The summed E-state index contributed by atoms with van der Waals surface area (Å²) in [6, 6.07) is 0. The first-order chi connectivity index (χ1) is 6.77. The van der Waals surface area contributed by atoms with Gasteiger partial charge in [0.05, 0.1) is 0 Å². The average Bonchev–Trinajstić information content (AvgIpc) is 2.15. The number of carbonyl (C=O) groups excluding carboxylic acids is 1. The molecule has 3 N–H and O–H groups in total. The molecule has 6 nitrogen and oxygen atoms in total. The van der Waals surface area contributed by atoms with Gasteiger partial charge in [0.2, 0.25) is 0 Å². The van der Waals surface area contributed by atoms with Gasteiger partial charge in [0.15, 0.2) is 0 Å². The predicted molar refractivity (Wildman–Crippen MR) is 49.6 cm³/mol. The topological polar surface area (TPSA) is 87.7 Å². The molecule has 0 unspecified atom stereocenters. The van der Waals surface area contributed by atoms with Crippen LogP contribution in [0.15, 0.2) is 0 Å². The number of rotatable bonds is 9. The second-order valence-corrected chi connectivity index (χ2v) is 2.75. The van der Waals surface area contributed by atoms with Crippen molar-refractivity contribution < 1.29 is 19.5 Å². The molecule has 0 aliphatic carbocycles. The second kappa shape index (κ2) is 9.79. The second-order valence-electron chi connectivity index (χ2n) is 2.75. The first-order valence-electron chi connectivity index (χ1n) is 4.56. The van der Waals surface area contributed by atoms with E-state index in [-0.39, 0.29) is 0 Å². The summed E-state index contributed by atoms with van der Waals surface area (Å²) in [5.41, 5.74) is 2.47. The third kappa shape index (κ3) is 10.7. The predicted octanol–water partition coefficient (Wildman–Crippen LogP) is 0.492. The van der Waals surface area contributed by atoms with Crippen LogP contribution in [0.1, 0.15) is 25.7 Å². The van der Waals surface area contributed by atoms with Gasteiger partial charge in [-0.1, -0.05) is 12.8 Å². The Bertz CT molecular complexity index is 163. The van der Waals surface area contributed by atoms with E-state index in [0.29, 0.717) is 19.6 Å². The number of amides is 1. The molecular formula is C8H16N2O4. The third-order valence-electron chi connectivity index (χ3n) is 1.61. The van der Waals surface area contributed by atoms with Crippen molar-refractivity contribution in [2.24, 2.45) is 0 Å². The minimum Gasteiger partial charge on any atom is -0.465 e. The summed E-state index contributed by atoms with van der Waals surface area (Å²) in [5.74, 6) is 0. The van der Waals surface area contributed by atoms with E-state index in [4.69, 9.17) is 5.11 Å². The Morgan fingerprint density at radius 3 is 2.43 bits per heavy atom. The summed E-state index contributed by atoms with van der Waals surface area (Å²) in [7, 11) is 0. The van der Waals surface area contributed by atoms with E-state index in [1.165, 1.54) is 0 Å². The number of hydrogen-bond acceptors (Lipinski definition) is 4. The molecule has 0 saturated heterocycles. The van der Waals surface area contributed by atoms with E-state index in [0.717, 1.165) is 25.7 Å². The van der Waals surface area contributed by atoms with Crippen molar-refractivity contribution >= 4 is 12.6 Å². The molecule has 0 aromatic heterocycles. The minimum atomic E-state index is -0.981. The lowest BCUT2D eigenvalue weighted by Gasteiger charge is -2.02. The lowest BCUT2D eigenvalue weighted by Crippen LogP contribution is -2.21. The summed E-state index contributed by atoms with van der Waals surface area (Å²) in [6.07, 6.45) is 2.70. The fourth-order valence-electron chi connectivity index (χ4n) is 0.964. The zero-order chi connectivity index (χ0) is 10.6. The highest BCUT2D eigenvalue weighted by Crippen LogP contribution is 1.97. The molecule has 0 aromatic carbocycles. The monoisotopic (exact) mass is 204 g/mol. The smallest absolute Gasteiger partial charge is 0.404 e. The van der Waals surface area contributed by atoms with E-state index >= 15 is 0 Å². The molecule has 0 aliphatic heterocycles. The van der Waals surface area contributed by atoms with Crippen molar-refractivity contribution in [2.45, 2.75) is 25.7 Å². The van der Waals surface area contributed by atoms with Crippen LogP contribution in [-0.4, -0.2) is 30.8 Å².